The van der Waals surface area contributed by atoms with Crippen molar-refractivity contribution in [1.82, 2.24) is 15.8 Å². The van der Waals surface area contributed by atoms with Crippen LogP contribution < -0.4 is 25.9 Å². The molecule has 1 aliphatic carbocycles. The zero-order chi connectivity index (χ0) is 23.5. The quantitative estimate of drug-likeness (QED) is 0.590. The molecule has 0 saturated carbocycles. The highest BCUT2D eigenvalue weighted by molar-refractivity contribution is 6.02. The van der Waals surface area contributed by atoms with Gasteiger partial charge in [-0.3, -0.25) is 30.0 Å². The topological polar surface area (TPSA) is 127 Å². The van der Waals surface area contributed by atoms with Gasteiger partial charge < -0.3 is 14.5 Å². The van der Waals surface area contributed by atoms with Gasteiger partial charge in [-0.25, -0.2) is 0 Å². The fourth-order valence-electron chi connectivity index (χ4n) is 3.52. The lowest BCUT2D eigenvalue weighted by Gasteiger charge is -2.29. The standard InChI is InChI=1S/C23H27N3O6/c1-5-31-14-6-8-15(9-7-14)32-13(2)20(28)25-26-22(30)17-10-16-18(24-21(17)29)11-23(3,4)12-19(16)27/h6-10,13H,5,11-12H2,1-4H3,(H,24,29)(H,25,28)(H,26,30). The van der Waals surface area contributed by atoms with Crippen molar-refractivity contribution >= 4 is 17.6 Å². The van der Waals surface area contributed by atoms with Gasteiger partial charge >= 0.3 is 0 Å². The number of hydrogen-bond acceptors (Lipinski definition) is 6. The highest BCUT2D eigenvalue weighted by Crippen LogP contribution is 2.33. The molecule has 2 amide bonds. The summed E-state index contributed by atoms with van der Waals surface area (Å²) in [7, 11) is 0. The van der Waals surface area contributed by atoms with Crippen molar-refractivity contribution in [3.8, 4) is 11.5 Å². The summed E-state index contributed by atoms with van der Waals surface area (Å²) in [5.41, 5.74) is 4.15. The summed E-state index contributed by atoms with van der Waals surface area (Å²) in [6, 6.07) is 8.05. The number of amides is 2. The molecular weight excluding hydrogens is 414 g/mol. The van der Waals surface area contributed by atoms with Crippen LogP contribution in [0.4, 0.5) is 0 Å². The first kappa shape index (κ1) is 23.1. The van der Waals surface area contributed by atoms with Crippen LogP contribution in [0.15, 0.2) is 35.1 Å². The molecule has 1 aromatic carbocycles. The molecule has 32 heavy (non-hydrogen) atoms. The minimum Gasteiger partial charge on any atom is -0.494 e. The number of carbonyl (C=O) groups is 3. The molecule has 0 radical (unpaired) electrons. The largest absolute Gasteiger partial charge is 0.494 e. The average Bonchev–Trinajstić information content (AvgIpc) is 2.72. The first-order chi connectivity index (χ1) is 15.1. The fourth-order valence-corrected chi connectivity index (χ4v) is 3.52. The molecule has 1 heterocycles. The van der Waals surface area contributed by atoms with Gasteiger partial charge in [-0.2, -0.15) is 0 Å². The molecule has 0 bridgehead atoms. The van der Waals surface area contributed by atoms with Crippen molar-refractivity contribution in [2.45, 2.75) is 46.6 Å². The van der Waals surface area contributed by atoms with E-state index in [1.807, 2.05) is 20.8 Å². The number of Topliss-reactive ketones (excluding diaryl/α,β-unsaturated/α-hetero) is 1. The van der Waals surface area contributed by atoms with Gasteiger partial charge in [0.1, 0.15) is 17.1 Å². The predicted molar refractivity (Wildman–Crippen MR) is 117 cm³/mol. The van der Waals surface area contributed by atoms with Crippen LogP contribution in [0.3, 0.4) is 0 Å². The molecule has 170 valence electrons. The van der Waals surface area contributed by atoms with Gasteiger partial charge in [-0.1, -0.05) is 13.8 Å². The normalized spacial score (nSPS) is 15.3. The second kappa shape index (κ2) is 9.25. The van der Waals surface area contributed by atoms with E-state index in [1.165, 1.54) is 13.0 Å². The molecule has 0 aliphatic heterocycles. The maximum atomic E-state index is 12.5. The summed E-state index contributed by atoms with van der Waals surface area (Å²) < 4.78 is 10.9. The van der Waals surface area contributed by atoms with Gasteiger partial charge in [0, 0.05) is 17.7 Å². The van der Waals surface area contributed by atoms with Crippen LogP contribution in [-0.2, 0) is 11.2 Å². The fraction of sp³-hybridized carbons (Fsp3) is 0.391. The molecule has 2 aromatic rings. The number of hydrazine groups is 1. The Labute approximate surface area is 185 Å². The highest BCUT2D eigenvalue weighted by Gasteiger charge is 2.32. The third kappa shape index (κ3) is 5.35. The first-order valence-electron chi connectivity index (χ1n) is 10.4. The van der Waals surface area contributed by atoms with E-state index in [0.717, 1.165) is 0 Å². The Morgan fingerprint density at radius 3 is 2.41 bits per heavy atom. The van der Waals surface area contributed by atoms with Crippen LogP contribution >= 0.6 is 0 Å². The van der Waals surface area contributed by atoms with Crippen LogP contribution in [0.25, 0.3) is 0 Å². The number of ether oxygens (including phenoxy) is 2. The summed E-state index contributed by atoms with van der Waals surface area (Å²) in [5, 5.41) is 0. The van der Waals surface area contributed by atoms with Crippen molar-refractivity contribution in [3.63, 3.8) is 0 Å². The molecule has 3 N–H and O–H groups in total. The highest BCUT2D eigenvalue weighted by atomic mass is 16.5. The van der Waals surface area contributed by atoms with Crippen molar-refractivity contribution in [1.29, 1.82) is 0 Å². The molecular formula is C23H27N3O6. The zero-order valence-electron chi connectivity index (χ0n) is 18.5. The molecule has 0 saturated heterocycles. The van der Waals surface area contributed by atoms with Crippen molar-refractivity contribution in [3.05, 3.63) is 57.5 Å². The first-order valence-corrected chi connectivity index (χ1v) is 10.4. The van der Waals surface area contributed by atoms with Crippen LogP contribution in [0.2, 0.25) is 0 Å². The molecule has 3 rings (SSSR count). The second-order valence-corrected chi connectivity index (χ2v) is 8.45. The zero-order valence-corrected chi connectivity index (χ0v) is 18.5. The number of fused-ring (bicyclic) bond motifs is 1. The lowest BCUT2D eigenvalue weighted by molar-refractivity contribution is -0.128. The molecule has 0 fully saturated rings. The van der Waals surface area contributed by atoms with Crippen LogP contribution in [-0.4, -0.2) is 35.3 Å². The van der Waals surface area contributed by atoms with E-state index < -0.39 is 23.5 Å². The van der Waals surface area contributed by atoms with Gasteiger partial charge in [0.25, 0.3) is 17.4 Å². The van der Waals surface area contributed by atoms with Gasteiger partial charge in [0.15, 0.2) is 11.9 Å². The smallest absolute Gasteiger partial charge is 0.279 e. The van der Waals surface area contributed by atoms with Crippen LogP contribution in [0.1, 0.15) is 60.5 Å². The Hall–Kier alpha value is -3.62. The second-order valence-electron chi connectivity index (χ2n) is 8.45. The van der Waals surface area contributed by atoms with Crippen molar-refractivity contribution in [2.75, 3.05) is 6.61 Å². The Morgan fingerprint density at radius 1 is 1.09 bits per heavy atom. The number of rotatable bonds is 6. The van der Waals surface area contributed by atoms with E-state index in [2.05, 4.69) is 15.8 Å². The summed E-state index contributed by atoms with van der Waals surface area (Å²) >= 11 is 0. The molecule has 1 unspecified atom stereocenters. The van der Waals surface area contributed by atoms with E-state index >= 15 is 0 Å². The lowest BCUT2D eigenvalue weighted by atomic mass is 9.75. The minimum absolute atomic E-state index is 0.136. The summed E-state index contributed by atoms with van der Waals surface area (Å²) in [6.45, 7) is 7.82. The molecule has 1 atom stereocenters. The number of benzene rings is 1. The Balaban J connectivity index is 1.61. The molecule has 1 aromatic heterocycles. The van der Waals surface area contributed by atoms with E-state index in [-0.39, 0.29) is 16.8 Å². The Kier molecular flexibility index (Phi) is 6.67. The van der Waals surface area contributed by atoms with Crippen LogP contribution in [0, 0.1) is 5.41 Å². The number of nitrogens with one attached hydrogen (secondary N) is 3. The van der Waals surface area contributed by atoms with E-state index in [0.29, 0.717) is 42.2 Å². The number of ketones is 1. The molecule has 1 aliphatic rings. The molecule has 9 heteroatoms. The number of pyridine rings is 1. The number of H-pyrrole nitrogens is 1. The summed E-state index contributed by atoms with van der Waals surface area (Å²) in [6.07, 6.45) is -0.0640. The predicted octanol–water partition coefficient (Wildman–Crippen LogP) is 2.16. The van der Waals surface area contributed by atoms with Gasteiger partial charge in [0.2, 0.25) is 0 Å². The number of aromatic amines is 1. The summed E-state index contributed by atoms with van der Waals surface area (Å²) in [4.78, 5) is 52.2. The number of carbonyl (C=O) groups excluding carboxylic acids is 3. The third-order valence-corrected chi connectivity index (χ3v) is 5.08. The number of aromatic nitrogens is 1. The average molecular weight is 441 g/mol. The maximum Gasteiger partial charge on any atom is 0.279 e. The third-order valence-electron chi connectivity index (χ3n) is 5.08. The van der Waals surface area contributed by atoms with E-state index in [9.17, 15) is 19.2 Å². The summed E-state index contributed by atoms with van der Waals surface area (Å²) in [5.74, 6) is -0.438. The van der Waals surface area contributed by atoms with Crippen LogP contribution in [0.5, 0.6) is 11.5 Å². The molecule has 0 spiro atoms. The van der Waals surface area contributed by atoms with Gasteiger partial charge in [-0.05, 0) is 56.0 Å². The monoisotopic (exact) mass is 441 g/mol. The van der Waals surface area contributed by atoms with Crippen molar-refractivity contribution in [2.24, 2.45) is 5.41 Å². The van der Waals surface area contributed by atoms with Gasteiger partial charge in [0.05, 0.1) is 6.61 Å². The van der Waals surface area contributed by atoms with Gasteiger partial charge in [-0.15, -0.1) is 0 Å². The number of hydrogen-bond donors (Lipinski definition) is 3. The van der Waals surface area contributed by atoms with Crippen molar-refractivity contribution < 1.29 is 23.9 Å². The lowest BCUT2D eigenvalue weighted by Crippen LogP contribution is -2.48. The Bertz CT molecular complexity index is 1090. The SMILES string of the molecule is CCOc1ccc(OC(C)C(=O)NNC(=O)c2cc3c([nH]c2=O)CC(C)(C)CC3=O)cc1. The van der Waals surface area contributed by atoms with E-state index in [1.54, 1.807) is 24.3 Å². The minimum atomic E-state index is -0.918. The molecule has 9 nitrogen and oxygen atoms in total. The Morgan fingerprint density at radius 2 is 1.75 bits per heavy atom. The van der Waals surface area contributed by atoms with E-state index in [4.69, 9.17) is 9.47 Å². The maximum absolute atomic E-state index is 12.5.